The number of aryl methyl sites for hydroxylation is 2. The fourth-order valence-corrected chi connectivity index (χ4v) is 12.4. The number of nitrogens with zero attached hydrogens (tertiary/aromatic N) is 3. The van der Waals surface area contributed by atoms with Gasteiger partial charge in [0.15, 0.2) is 18.7 Å². The van der Waals surface area contributed by atoms with Crippen molar-refractivity contribution in [2.75, 3.05) is 48.0 Å². The van der Waals surface area contributed by atoms with E-state index >= 15 is 0 Å². The predicted molar refractivity (Wildman–Crippen MR) is 291 cm³/mol. The van der Waals surface area contributed by atoms with Crippen LogP contribution in [0.3, 0.4) is 0 Å². The zero-order valence-corrected chi connectivity index (χ0v) is 48.8. The third kappa shape index (κ3) is 14.5. The number of hydrogen-bond donors (Lipinski definition) is 6. The molecule has 22 heteroatoms. The number of aromatic carboxylic acids is 1. The molecule has 3 fully saturated rings. The van der Waals surface area contributed by atoms with E-state index in [0.717, 1.165) is 5.56 Å². The highest BCUT2D eigenvalue weighted by atomic mass is 16.7. The Bertz CT molecular complexity index is 2500. The molecular weight excluding hydrogens is 1030 g/mol. The second-order valence-corrected chi connectivity index (χ2v) is 23.4. The number of carbonyl (C=O) groups excluding carboxylic acids is 2. The van der Waals surface area contributed by atoms with Gasteiger partial charge < -0.3 is 83.0 Å². The maximum absolute atomic E-state index is 14.6. The van der Waals surface area contributed by atoms with Gasteiger partial charge in [-0.25, -0.2) is 4.79 Å². The number of carboxylic acid groups (broad SMARTS) is 1. The van der Waals surface area contributed by atoms with Crippen molar-refractivity contribution in [2.24, 2.45) is 28.8 Å². The van der Waals surface area contributed by atoms with Crippen molar-refractivity contribution in [3.05, 3.63) is 39.7 Å². The highest BCUT2D eigenvalue weighted by Gasteiger charge is 2.54. The van der Waals surface area contributed by atoms with Crippen molar-refractivity contribution < 1.29 is 82.6 Å². The summed E-state index contributed by atoms with van der Waals surface area (Å²) in [7, 11) is 6.56. The van der Waals surface area contributed by atoms with Crippen molar-refractivity contribution in [1.82, 2.24) is 14.8 Å². The quantitative estimate of drug-likeness (QED) is 0.0736. The number of hydrogen-bond acceptors (Lipinski definition) is 20. The minimum absolute atomic E-state index is 0.0145. The fourth-order valence-electron chi connectivity index (χ4n) is 12.4. The second kappa shape index (κ2) is 26.7. The molecular formula is C57H90N4O18. The molecule has 18 atom stereocenters. The van der Waals surface area contributed by atoms with Crippen LogP contribution < -0.4 is 15.5 Å². The molecule has 446 valence electrons. The van der Waals surface area contributed by atoms with E-state index in [1.165, 1.54) is 27.3 Å². The number of pyridine rings is 1. The SMILES string of the molecule is CC[C@H]1OC(=O)[C@H](C)[C@@H](O[C@H]2C[C@@](C)(OC)[C@@H](OC(=O)CCNCCCc3cc4c5c(c3)c(=O)c(C(=O)O)cn5CCCO4)[C@H](C)O2)[C@H](C)[C@@H](O[C@H]2O[C@@H](C)C[C@@H](N(C)C)[C@@H]2O)[C@](C)(O)C[C@@H](C)/C(=N\OC)[C@H](C)[C@@H](O)[C@]1(C)O. The van der Waals surface area contributed by atoms with E-state index in [4.69, 9.17) is 42.7 Å². The third-order valence-electron chi connectivity index (χ3n) is 16.8. The summed E-state index contributed by atoms with van der Waals surface area (Å²) in [6.45, 7) is 18.7. The molecule has 0 saturated carbocycles. The van der Waals surface area contributed by atoms with Gasteiger partial charge in [0.2, 0.25) is 5.43 Å². The number of methoxy groups -OCH3 is 1. The first-order valence-corrected chi connectivity index (χ1v) is 28.0. The van der Waals surface area contributed by atoms with Crippen LogP contribution in [0.1, 0.15) is 130 Å². The number of aliphatic hydroxyl groups is 4. The number of aliphatic hydroxyl groups excluding tert-OH is 2. The number of carbonyl (C=O) groups is 3. The average Bonchev–Trinajstić information content (AvgIpc) is 3.70. The third-order valence-corrected chi connectivity index (χ3v) is 16.8. The number of cyclic esters (lactones) is 1. The standard InChI is InChI=1S/C57H90N4O18/c1-15-41-57(10,70)49(65)32(4)44(59-72-14)30(2)27-55(8,69)50(79-54-47(64)39(60(11)12)24-31(3)74-54)33(5)48(34(6)53(68)76-41)78-43-28-56(9,71-13)51(35(7)75-43)77-42(62)19-21-58-20-16-18-36-25-37-45-40(26-36)73-23-17-22-61(45)29-38(46(37)63)52(66)67/h25-26,29-35,39,41,43,47-51,54,58,64-65,69-70H,15-24,27-28H2,1-14H3,(H,66,67)/b59-44+/t30-,31+,32+,33+,34-,35+,39-,41-,43+,47+,48+,49-,50-,51+,54-,55-,56-,57-/m1/s1. The number of aromatic nitrogens is 1. The predicted octanol–water partition coefficient (Wildman–Crippen LogP) is 4.18. The van der Waals surface area contributed by atoms with E-state index in [0.29, 0.717) is 74.3 Å². The Labute approximate surface area is 464 Å². The second-order valence-electron chi connectivity index (χ2n) is 23.4. The summed E-state index contributed by atoms with van der Waals surface area (Å²) < 4.78 is 52.6. The number of likely N-dealkylation sites (N-methyl/N-ethyl adjacent to an activating group) is 1. The Hall–Kier alpha value is -4.33. The molecule has 4 aliphatic heterocycles. The van der Waals surface area contributed by atoms with Crippen molar-refractivity contribution in [3.63, 3.8) is 0 Å². The van der Waals surface area contributed by atoms with Crippen molar-refractivity contribution in [2.45, 2.75) is 211 Å². The number of nitrogens with one attached hydrogen (secondary N) is 1. The van der Waals surface area contributed by atoms with E-state index in [9.17, 15) is 44.7 Å². The Morgan fingerprint density at radius 3 is 2.30 bits per heavy atom. The van der Waals surface area contributed by atoms with Gasteiger partial charge in [-0.15, -0.1) is 0 Å². The maximum Gasteiger partial charge on any atom is 0.341 e. The monoisotopic (exact) mass is 1120 g/mol. The molecule has 5 heterocycles. The Morgan fingerprint density at radius 1 is 0.949 bits per heavy atom. The molecule has 0 amide bonds. The Morgan fingerprint density at radius 2 is 1.66 bits per heavy atom. The van der Waals surface area contributed by atoms with E-state index in [2.05, 4.69) is 10.5 Å². The van der Waals surface area contributed by atoms with Gasteiger partial charge in [-0.1, -0.05) is 32.9 Å². The lowest BCUT2D eigenvalue weighted by Gasteiger charge is -2.49. The van der Waals surface area contributed by atoms with Crippen LogP contribution >= 0.6 is 0 Å². The van der Waals surface area contributed by atoms with Crippen LogP contribution in [0.2, 0.25) is 0 Å². The lowest BCUT2D eigenvalue weighted by Crippen LogP contribution is -2.61. The molecule has 79 heavy (non-hydrogen) atoms. The van der Waals surface area contributed by atoms with E-state index in [1.807, 2.05) is 38.9 Å². The zero-order chi connectivity index (χ0) is 58.5. The highest BCUT2D eigenvalue weighted by molar-refractivity contribution is 5.94. The molecule has 6 N–H and O–H groups in total. The summed E-state index contributed by atoms with van der Waals surface area (Å²) in [4.78, 5) is 60.4. The van der Waals surface area contributed by atoms with Crippen molar-refractivity contribution in [1.29, 1.82) is 0 Å². The summed E-state index contributed by atoms with van der Waals surface area (Å²) in [6, 6.07) is 3.26. The van der Waals surface area contributed by atoms with Gasteiger partial charge in [-0.05, 0) is 118 Å². The van der Waals surface area contributed by atoms with Gasteiger partial charge in [0.05, 0.1) is 71.7 Å². The zero-order valence-electron chi connectivity index (χ0n) is 48.8. The molecule has 0 unspecified atom stereocenters. The summed E-state index contributed by atoms with van der Waals surface area (Å²) >= 11 is 0. The first-order chi connectivity index (χ1) is 37.1. The van der Waals surface area contributed by atoms with Gasteiger partial charge >= 0.3 is 17.9 Å². The number of esters is 2. The molecule has 0 radical (unpaired) electrons. The van der Waals surface area contributed by atoms with E-state index in [1.54, 1.807) is 59.1 Å². The van der Waals surface area contributed by atoms with E-state index in [-0.39, 0.29) is 43.4 Å². The first-order valence-electron chi connectivity index (χ1n) is 28.0. The van der Waals surface area contributed by atoms with Crippen LogP contribution in [0.5, 0.6) is 5.75 Å². The van der Waals surface area contributed by atoms with Crippen LogP contribution in [-0.2, 0) is 60.6 Å². The molecule has 6 rings (SSSR count). The smallest absolute Gasteiger partial charge is 0.341 e. The van der Waals surface area contributed by atoms with Gasteiger partial charge in [-0.3, -0.25) is 14.4 Å². The van der Waals surface area contributed by atoms with Crippen LogP contribution in [0, 0.1) is 23.7 Å². The summed E-state index contributed by atoms with van der Waals surface area (Å²) in [5, 5.41) is 66.1. The number of carboxylic acids is 1. The molecule has 22 nitrogen and oxygen atoms in total. The van der Waals surface area contributed by atoms with Crippen LogP contribution in [0.15, 0.2) is 28.3 Å². The average molecular weight is 1120 g/mol. The Balaban J connectivity index is 1.19. The van der Waals surface area contributed by atoms with E-state index < -0.39 is 119 Å². The minimum Gasteiger partial charge on any atom is -0.491 e. The topological polar surface area (TPSA) is 285 Å². The summed E-state index contributed by atoms with van der Waals surface area (Å²) in [6.07, 6.45) is -6.73. The van der Waals surface area contributed by atoms with Crippen molar-refractivity contribution >= 4 is 34.5 Å². The van der Waals surface area contributed by atoms with Crippen LogP contribution in [-0.4, -0.2) is 191 Å². The summed E-state index contributed by atoms with van der Waals surface area (Å²) in [5.74, 6) is -5.50. The molecule has 1 aromatic heterocycles. The molecule has 3 saturated heterocycles. The van der Waals surface area contributed by atoms with Crippen LogP contribution in [0.25, 0.3) is 10.9 Å². The first kappa shape index (κ1) is 63.8. The normalized spacial score (nSPS) is 37.4. The lowest BCUT2D eigenvalue weighted by molar-refractivity contribution is -0.318. The van der Waals surface area contributed by atoms with Crippen LogP contribution in [0.4, 0.5) is 0 Å². The number of rotatable bonds is 17. The van der Waals surface area contributed by atoms with Crippen molar-refractivity contribution in [3.8, 4) is 5.75 Å². The highest BCUT2D eigenvalue weighted by Crippen LogP contribution is 2.42. The number of ether oxygens (including phenoxy) is 8. The minimum atomic E-state index is -1.98. The lowest BCUT2D eigenvalue weighted by atomic mass is 9.73. The molecule has 2 aromatic rings. The Kier molecular flexibility index (Phi) is 21.6. The molecule has 0 bridgehead atoms. The van der Waals surface area contributed by atoms with Gasteiger partial charge in [0, 0.05) is 56.6 Å². The molecule has 0 aliphatic carbocycles. The summed E-state index contributed by atoms with van der Waals surface area (Å²) in [5.41, 5.74) is -4.05. The largest absolute Gasteiger partial charge is 0.491 e. The van der Waals surface area contributed by atoms with Gasteiger partial charge in [0.25, 0.3) is 0 Å². The fraction of sp³-hybridized carbons (Fsp3) is 0.772. The maximum atomic E-state index is 14.6. The van der Waals surface area contributed by atoms with Gasteiger partial charge in [0.1, 0.15) is 41.8 Å². The molecule has 0 spiro atoms. The molecule has 4 aliphatic rings. The van der Waals surface area contributed by atoms with Gasteiger partial charge in [-0.2, -0.15) is 0 Å². The number of benzene rings is 1. The number of oxime groups is 1. The molecule has 1 aromatic carbocycles.